The van der Waals surface area contributed by atoms with E-state index in [-0.39, 0.29) is 24.0 Å². The van der Waals surface area contributed by atoms with Crippen molar-refractivity contribution in [2.75, 3.05) is 51.8 Å². The van der Waals surface area contributed by atoms with Gasteiger partial charge in [0, 0.05) is 45.0 Å². The highest BCUT2D eigenvalue weighted by Gasteiger charge is 2.19. The number of hydrogen-bond donors (Lipinski definition) is 3. The predicted octanol–water partition coefficient (Wildman–Crippen LogP) is 3.29. The van der Waals surface area contributed by atoms with Gasteiger partial charge in [-0.25, -0.2) is 4.99 Å². The number of halogens is 1. The highest BCUT2D eigenvalue weighted by molar-refractivity contribution is 14.0. The van der Waals surface area contributed by atoms with Gasteiger partial charge < -0.3 is 25.6 Å². The molecule has 1 aliphatic heterocycles. The second-order valence-corrected chi connectivity index (χ2v) is 7.07. The van der Waals surface area contributed by atoms with Crippen LogP contribution in [-0.2, 0) is 11.3 Å². The quantitative estimate of drug-likeness (QED) is 0.198. The Labute approximate surface area is 187 Å². The van der Waals surface area contributed by atoms with Gasteiger partial charge in [-0.15, -0.1) is 24.0 Å². The molecule has 0 aromatic heterocycles. The Morgan fingerprint density at radius 2 is 1.89 bits per heavy atom. The topological polar surface area (TPSA) is 60.9 Å². The monoisotopic (exact) mass is 503 g/mol. The molecule has 0 bridgehead atoms. The molecule has 0 unspecified atom stereocenters. The number of benzene rings is 1. The lowest BCUT2D eigenvalue weighted by molar-refractivity contribution is 0.206. The maximum absolute atomic E-state index is 5.06. The molecule has 0 radical (unpaired) electrons. The van der Waals surface area contributed by atoms with Crippen molar-refractivity contribution in [2.24, 2.45) is 4.99 Å². The fourth-order valence-electron chi connectivity index (χ4n) is 3.33. The van der Waals surface area contributed by atoms with Gasteiger partial charge in [0.1, 0.15) is 0 Å². The minimum atomic E-state index is 0. The minimum Gasteiger partial charge on any atom is -0.383 e. The summed E-state index contributed by atoms with van der Waals surface area (Å²) in [6.45, 7) is 11.0. The van der Waals surface area contributed by atoms with E-state index in [1.165, 1.54) is 44.5 Å². The molecule has 6 nitrogen and oxygen atoms in total. The van der Waals surface area contributed by atoms with Crippen LogP contribution in [0.1, 0.15) is 38.7 Å². The van der Waals surface area contributed by atoms with E-state index in [0.717, 1.165) is 24.7 Å². The zero-order valence-corrected chi connectivity index (χ0v) is 20.0. The molecule has 1 saturated heterocycles. The lowest BCUT2D eigenvalue weighted by atomic mass is 10.1. The van der Waals surface area contributed by atoms with Crippen molar-refractivity contribution in [1.82, 2.24) is 15.5 Å². The number of anilines is 1. The minimum absolute atomic E-state index is 0. The maximum atomic E-state index is 5.06. The van der Waals surface area contributed by atoms with Crippen molar-refractivity contribution in [1.29, 1.82) is 0 Å². The van der Waals surface area contributed by atoms with E-state index in [1.54, 1.807) is 7.11 Å². The summed E-state index contributed by atoms with van der Waals surface area (Å²) in [7, 11) is 1.72. The van der Waals surface area contributed by atoms with Crippen LogP contribution in [-0.4, -0.2) is 63.3 Å². The van der Waals surface area contributed by atoms with Crippen LogP contribution < -0.4 is 16.0 Å². The SMILES string of the molecule is CCCN1CCC(NC(=NCc2ccc(NCCOC)cc2)NCC)CC1.I. The second kappa shape index (κ2) is 14.9. The summed E-state index contributed by atoms with van der Waals surface area (Å²) in [4.78, 5) is 7.34. The third-order valence-electron chi connectivity index (χ3n) is 4.82. The van der Waals surface area contributed by atoms with Crippen LogP contribution >= 0.6 is 24.0 Å². The van der Waals surface area contributed by atoms with Gasteiger partial charge in [-0.3, -0.25) is 0 Å². The molecule has 7 heteroatoms. The maximum Gasteiger partial charge on any atom is 0.191 e. The largest absolute Gasteiger partial charge is 0.383 e. The van der Waals surface area contributed by atoms with E-state index in [1.807, 2.05) is 0 Å². The van der Waals surface area contributed by atoms with Crippen molar-refractivity contribution in [3.05, 3.63) is 29.8 Å². The van der Waals surface area contributed by atoms with Gasteiger partial charge in [-0.1, -0.05) is 19.1 Å². The molecule has 2 rings (SSSR count). The van der Waals surface area contributed by atoms with Crippen LogP contribution in [0.3, 0.4) is 0 Å². The molecule has 1 aliphatic rings. The van der Waals surface area contributed by atoms with Gasteiger partial charge in [-0.05, 0) is 50.4 Å². The summed E-state index contributed by atoms with van der Waals surface area (Å²) in [6, 6.07) is 8.98. The third kappa shape index (κ3) is 9.43. The molecular weight excluding hydrogens is 465 g/mol. The molecule has 1 aromatic carbocycles. The molecule has 0 amide bonds. The summed E-state index contributed by atoms with van der Waals surface area (Å²) in [6.07, 6.45) is 3.61. The van der Waals surface area contributed by atoms with E-state index in [4.69, 9.17) is 9.73 Å². The average molecular weight is 503 g/mol. The number of aliphatic imine (C=N–C) groups is 1. The average Bonchev–Trinajstić information content (AvgIpc) is 2.69. The van der Waals surface area contributed by atoms with E-state index in [0.29, 0.717) is 19.2 Å². The van der Waals surface area contributed by atoms with E-state index in [2.05, 4.69) is 59.0 Å². The van der Waals surface area contributed by atoms with Gasteiger partial charge in [0.15, 0.2) is 5.96 Å². The van der Waals surface area contributed by atoms with Gasteiger partial charge in [0.2, 0.25) is 0 Å². The van der Waals surface area contributed by atoms with Crippen LogP contribution in [0.25, 0.3) is 0 Å². The Kier molecular flexibility index (Phi) is 13.3. The molecule has 0 saturated carbocycles. The summed E-state index contributed by atoms with van der Waals surface area (Å²) in [5, 5.41) is 10.3. The van der Waals surface area contributed by atoms with Crippen molar-refractivity contribution in [2.45, 2.75) is 45.7 Å². The number of guanidine groups is 1. The fourth-order valence-corrected chi connectivity index (χ4v) is 3.33. The zero-order valence-electron chi connectivity index (χ0n) is 17.7. The highest BCUT2D eigenvalue weighted by atomic mass is 127. The van der Waals surface area contributed by atoms with Crippen molar-refractivity contribution < 1.29 is 4.74 Å². The standard InChI is InChI=1S/C21H37N5O.HI/c1-4-13-26-14-10-20(11-15-26)25-21(22-5-2)24-17-18-6-8-19(9-7-18)23-12-16-27-3;/h6-9,20,23H,4-5,10-17H2,1-3H3,(H2,22,24,25);1H. The first kappa shape index (κ1) is 25.0. The number of nitrogens with zero attached hydrogens (tertiary/aromatic N) is 2. The Bertz CT molecular complexity index is 544. The molecule has 160 valence electrons. The lowest BCUT2D eigenvalue weighted by Crippen LogP contribution is -2.48. The number of hydrogen-bond acceptors (Lipinski definition) is 4. The van der Waals surface area contributed by atoms with Gasteiger partial charge in [0.25, 0.3) is 0 Å². The molecule has 1 heterocycles. The number of nitrogens with one attached hydrogen (secondary N) is 3. The number of rotatable bonds is 10. The summed E-state index contributed by atoms with van der Waals surface area (Å²) >= 11 is 0. The van der Waals surface area contributed by atoms with Crippen molar-refractivity contribution >= 4 is 35.6 Å². The van der Waals surface area contributed by atoms with Crippen LogP contribution in [0, 0.1) is 0 Å². The second-order valence-electron chi connectivity index (χ2n) is 7.07. The van der Waals surface area contributed by atoms with E-state index in [9.17, 15) is 0 Å². The summed E-state index contributed by atoms with van der Waals surface area (Å²) in [5.74, 6) is 0.925. The summed E-state index contributed by atoms with van der Waals surface area (Å²) in [5.41, 5.74) is 2.32. The van der Waals surface area contributed by atoms with Gasteiger partial charge >= 0.3 is 0 Å². The molecule has 0 aliphatic carbocycles. The Hall–Kier alpha value is -1.06. The predicted molar refractivity (Wildman–Crippen MR) is 130 cm³/mol. The Morgan fingerprint density at radius 3 is 2.50 bits per heavy atom. The number of likely N-dealkylation sites (tertiary alicyclic amines) is 1. The van der Waals surface area contributed by atoms with E-state index >= 15 is 0 Å². The first-order chi connectivity index (χ1) is 13.2. The smallest absolute Gasteiger partial charge is 0.191 e. The molecule has 1 aromatic rings. The van der Waals surface area contributed by atoms with Gasteiger partial charge in [0.05, 0.1) is 13.2 Å². The first-order valence-corrected chi connectivity index (χ1v) is 10.3. The van der Waals surface area contributed by atoms with Crippen LogP contribution in [0.5, 0.6) is 0 Å². The molecule has 3 N–H and O–H groups in total. The highest BCUT2D eigenvalue weighted by Crippen LogP contribution is 2.12. The number of methoxy groups -OCH3 is 1. The zero-order chi connectivity index (χ0) is 19.3. The first-order valence-electron chi connectivity index (χ1n) is 10.3. The fraction of sp³-hybridized carbons (Fsp3) is 0.667. The molecule has 1 fully saturated rings. The third-order valence-corrected chi connectivity index (χ3v) is 4.82. The van der Waals surface area contributed by atoms with Crippen molar-refractivity contribution in [3.8, 4) is 0 Å². The molecule has 0 atom stereocenters. The molecular formula is C21H38IN5O. The normalized spacial score (nSPS) is 15.8. The van der Waals surface area contributed by atoms with Crippen LogP contribution in [0.15, 0.2) is 29.3 Å². The number of ether oxygens (including phenoxy) is 1. The molecule has 0 spiro atoms. The number of piperidine rings is 1. The molecule has 28 heavy (non-hydrogen) atoms. The lowest BCUT2D eigenvalue weighted by Gasteiger charge is -2.32. The van der Waals surface area contributed by atoms with Crippen LogP contribution in [0.4, 0.5) is 5.69 Å². The van der Waals surface area contributed by atoms with E-state index < -0.39 is 0 Å². The summed E-state index contributed by atoms with van der Waals surface area (Å²) < 4.78 is 5.06. The van der Waals surface area contributed by atoms with Crippen molar-refractivity contribution in [3.63, 3.8) is 0 Å². The Morgan fingerprint density at radius 1 is 1.18 bits per heavy atom. The van der Waals surface area contributed by atoms with Crippen LogP contribution in [0.2, 0.25) is 0 Å². The van der Waals surface area contributed by atoms with Gasteiger partial charge in [-0.2, -0.15) is 0 Å². The Balaban J connectivity index is 0.00000392.